The lowest BCUT2D eigenvalue weighted by Gasteiger charge is -2.14. The van der Waals surface area contributed by atoms with Gasteiger partial charge in [-0.2, -0.15) is 0 Å². The van der Waals surface area contributed by atoms with Crippen LogP contribution >= 0.6 is 47.2 Å². The minimum Gasteiger partial charge on any atom is -0.506 e. The number of thiocarbonyl (C=S) groups is 1. The molecule has 0 atom stereocenters. The number of amides is 2. The summed E-state index contributed by atoms with van der Waals surface area (Å²) in [6, 6.07) is 11.5. The summed E-state index contributed by atoms with van der Waals surface area (Å²) in [6.45, 7) is 0.123. The summed E-state index contributed by atoms with van der Waals surface area (Å²) in [6.07, 6.45) is 1.70. The second-order valence-corrected chi connectivity index (χ2v) is 8.33. The van der Waals surface area contributed by atoms with E-state index in [0.29, 0.717) is 19.3 Å². The molecule has 2 N–H and O–H groups in total. The molecule has 0 aliphatic carbocycles. The molecule has 2 aromatic carbocycles. The Morgan fingerprint density at radius 3 is 2.75 bits per heavy atom. The van der Waals surface area contributed by atoms with E-state index in [1.807, 2.05) is 6.07 Å². The Morgan fingerprint density at radius 1 is 1.25 bits per heavy atom. The summed E-state index contributed by atoms with van der Waals surface area (Å²) in [5.41, 5.74) is 0.931. The van der Waals surface area contributed by atoms with Gasteiger partial charge in [-0.05, 0) is 35.9 Å². The predicted molar refractivity (Wildman–Crippen MR) is 118 cm³/mol. The molecule has 2 aromatic rings. The van der Waals surface area contributed by atoms with Gasteiger partial charge in [0.05, 0.1) is 10.6 Å². The Labute approximate surface area is 181 Å². The van der Waals surface area contributed by atoms with Crippen LogP contribution in [-0.2, 0) is 9.59 Å². The van der Waals surface area contributed by atoms with Crippen molar-refractivity contribution in [2.45, 2.75) is 6.42 Å². The van der Waals surface area contributed by atoms with Crippen molar-refractivity contribution < 1.29 is 14.7 Å². The number of carbonyl (C=O) groups is 2. The first kappa shape index (κ1) is 20.7. The first-order valence-corrected chi connectivity index (χ1v) is 10.1. The number of nitrogens with one attached hydrogen (secondary N) is 1. The lowest BCUT2D eigenvalue weighted by Crippen LogP contribution is -2.31. The van der Waals surface area contributed by atoms with E-state index in [-0.39, 0.29) is 36.2 Å². The Hall–Kier alpha value is -2.06. The fraction of sp³-hybridized carbons (Fsp3) is 0.105. The molecule has 0 spiro atoms. The van der Waals surface area contributed by atoms with Crippen molar-refractivity contribution in [3.63, 3.8) is 0 Å². The van der Waals surface area contributed by atoms with E-state index < -0.39 is 0 Å². The van der Waals surface area contributed by atoms with E-state index in [2.05, 4.69) is 5.32 Å². The van der Waals surface area contributed by atoms with Gasteiger partial charge in [0.15, 0.2) is 0 Å². The summed E-state index contributed by atoms with van der Waals surface area (Å²) in [5.74, 6) is -0.735. The summed E-state index contributed by atoms with van der Waals surface area (Å²) in [7, 11) is 0. The minimum absolute atomic E-state index is 0.0117. The highest BCUT2D eigenvalue weighted by Crippen LogP contribution is 2.34. The molecule has 9 heteroatoms. The molecule has 5 nitrogen and oxygen atoms in total. The summed E-state index contributed by atoms with van der Waals surface area (Å²) in [5, 5.41) is 13.3. The molecular weight excluding hydrogens is 439 g/mol. The zero-order chi connectivity index (χ0) is 20.3. The first-order chi connectivity index (χ1) is 13.3. The summed E-state index contributed by atoms with van der Waals surface area (Å²) in [4.78, 5) is 26.6. The lowest BCUT2D eigenvalue weighted by atomic mass is 10.2. The number of aromatic hydroxyl groups is 1. The number of carbonyl (C=O) groups excluding carboxylic acids is 2. The number of hydrogen-bond acceptors (Lipinski definition) is 5. The number of phenols is 1. The third-order valence-electron chi connectivity index (χ3n) is 3.86. The fourth-order valence-electron chi connectivity index (χ4n) is 2.46. The van der Waals surface area contributed by atoms with Gasteiger partial charge in [0, 0.05) is 23.0 Å². The average molecular weight is 453 g/mol. The molecule has 0 aromatic heterocycles. The number of anilines is 1. The zero-order valence-corrected chi connectivity index (χ0v) is 17.5. The highest BCUT2D eigenvalue weighted by atomic mass is 35.5. The second kappa shape index (κ2) is 8.96. The summed E-state index contributed by atoms with van der Waals surface area (Å²) < 4.78 is 0.377. The molecule has 1 saturated heterocycles. The quantitative estimate of drug-likeness (QED) is 0.382. The molecule has 0 bridgehead atoms. The average Bonchev–Trinajstić information content (AvgIpc) is 2.91. The van der Waals surface area contributed by atoms with Crippen LogP contribution in [0.3, 0.4) is 0 Å². The highest BCUT2D eigenvalue weighted by molar-refractivity contribution is 8.26. The van der Waals surface area contributed by atoms with Crippen LogP contribution in [0.5, 0.6) is 5.75 Å². The van der Waals surface area contributed by atoms with Gasteiger partial charge >= 0.3 is 0 Å². The molecule has 0 radical (unpaired) electrons. The number of phenolic OH excluding ortho intramolecular Hbond substituents is 1. The van der Waals surface area contributed by atoms with Crippen molar-refractivity contribution in [2.75, 3.05) is 11.9 Å². The predicted octanol–water partition coefficient (Wildman–Crippen LogP) is 4.93. The normalized spacial score (nSPS) is 15.4. The largest absolute Gasteiger partial charge is 0.506 e. The third kappa shape index (κ3) is 4.86. The van der Waals surface area contributed by atoms with Gasteiger partial charge in [-0.25, -0.2) is 0 Å². The lowest BCUT2D eigenvalue weighted by molar-refractivity contribution is -0.122. The van der Waals surface area contributed by atoms with Crippen molar-refractivity contribution in [1.29, 1.82) is 0 Å². The van der Waals surface area contributed by atoms with E-state index in [1.54, 1.807) is 24.3 Å². The van der Waals surface area contributed by atoms with Crippen LogP contribution in [-0.4, -0.2) is 32.7 Å². The van der Waals surface area contributed by atoms with Crippen LogP contribution in [0.25, 0.3) is 6.08 Å². The Balaban J connectivity index is 1.64. The maximum absolute atomic E-state index is 12.6. The van der Waals surface area contributed by atoms with E-state index in [0.717, 1.165) is 5.56 Å². The molecule has 144 valence electrons. The minimum atomic E-state index is -0.373. The molecule has 1 fully saturated rings. The van der Waals surface area contributed by atoms with Gasteiger partial charge in [0.25, 0.3) is 5.91 Å². The van der Waals surface area contributed by atoms with Crippen LogP contribution in [0.4, 0.5) is 5.69 Å². The number of thioether (sulfide) groups is 1. The van der Waals surface area contributed by atoms with Crippen molar-refractivity contribution in [1.82, 2.24) is 4.90 Å². The number of halogens is 2. The molecule has 3 rings (SSSR count). The number of nitrogens with zero attached hydrogens (tertiary/aromatic N) is 1. The monoisotopic (exact) mass is 452 g/mol. The van der Waals surface area contributed by atoms with Gasteiger partial charge < -0.3 is 10.4 Å². The van der Waals surface area contributed by atoms with Crippen molar-refractivity contribution in [3.05, 3.63) is 63.0 Å². The van der Waals surface area contributed by atoms with Crippen LogP contribution in [0.2, 0.25) is 10.0 Å². The Bertz CT molecular complexity index is 995. The third-order valence-corrected chi connectivity index (χ3v) is 5.82. The van der Waals surface area contributed by atoms with Gasteiger partial charge in [-0.3, -0.25) is 14.5 Å². The number of rotatable bonds is 5. The maximum atomic E-state index is 12.6. The maximum Gasteiger partial charge on any atom is 0.266 e. The highest BCUT2D eigenvalue weighted by Gasteiger charge is 2.32. The van der Waals surface area contributed by atoms with E-state index in [9.17, 15) is 14.7 Å². The van der Waals surface area contributed by atoms with Crippen molar-refractivity contribution in [2.24, 2.45) is 0 Å². The topological polar surface area (TPSA) is 69.6 Å². The van der Waals surface area contributed by atoms with Gasteiger partial charge in [0.2, 0.25) is 5.91 Å². The fourth-order valence-corrected chi connectivity index (χ4v) is 4.12. The summed E-state index contributed by atoms with van der Waals surface area (Å²) >= 11 is 18.4. The molecule has 28 heavy (non-hydrogen) atoms. The molecule has 2 amide bonds. The number of hydrogen-bond donors (Lipinski definition) is 2. The van der Waals surface area contributed by atoms with E-state index in [1.165, 1.54) is 34.9 Å². The molecule has 0 unspecified atom stereocenters. The van der Waals surface area contributed by atoms with Gasteiger partial charge in [-0.15, -0.1) is 0 Å². The van der Waals surface area contributed by atoms with Crippen LogP contribution in [0.1, 0.15) is 12.0 Å². The Kier molecular flexibility index (Phi) is 6.61. The molecule has 1 aliphatic heterocycles. The van der Waals surface area contributed by atoms with Gasteiger partial charge in [-0.1, -0.05) is 65.4 Å². The SMILES string of the molecule is O=C(CCN1C(=O)C(=Cc2ccccc2Cl)SC1=S)Nc1cc(Cl)ccc1O. The van der Waals surface area contributed by atoms with E-state index in [4.69, 9.17) is 35.4 Å². The molecule has 1 aliphatic rings. The van der Waals surface area contributed by atoms with Crippen molar-refractivity contribution >= 4 is 75.1 Å². The van der Waals surface area contributed by atoms with E-state index >= 15 is 0 Å². The smallest absolute Gasteiger partial charge is 0.266 e. The van der Waals surface area contributed by atoms with Crippen LogP contribution in [0, 0.1) is 0 Å². The van der Waals surface area contributed by atoms with Crippen LogP contribution in [0.15, 0.2) is 47.4 Å². The molecular formula is C19H14Cl2N2O3S2. The van der Waals surface area contributed by atoms with Gasteiger partial charge in [0.1, 0.15) is 10.1 Å². The van der Waals surface area contributed by atoms with Crippen LogP contribution < -0.4 is 5.32 Å². The second-order valence-electron chi connectivity index (χ2n) is 5.81. The first-order valence-electron chi connectivity index (χ1n) is 8.13. The number of benzene rings is 2. The standard InChI is InChI=1S/C19H14Cl2N2O3S2/c20-12-5-6-15(24)14(10-12)22-17(25)7-8-23-18(26)16(28-19(23)27)9-11-3-1-2-4-13(11)21/h1-6,9-10,24H,7-8H2,(H,22,25). The molecule has 1 heterocycles. The molecule has 0 saturated carbocycles. The zero-order valence-electron chi connectivity index (χ0n) is 14.3. The Morgan fingerprint density at radius 2 is 2.00 bits per heavy atom. The van der Waals surface area contributed by atoms with Crippen molar-refractivity contribution in [3.8, 4) is 5.75 Å².